The van der Waals surface area contributed by atoms with Crippen molar-refractivity contribution in [1.29, 1.82) is 0 Å². The number of rotatable bonds is 4. The van der Waals surface area contributed by atoms with Gasteiger partial charge in [0, 0.05) is 44.4 Å². The summed E-state index contributed by atoms with van der Waals surface area (Å²) >= 11 is 0. The highest BCUT2D eigenvalue weighted by Crippen LogP contribution is 2.32. The zero-order valence-electron chi connectivity index (χ0n) is 14.8. The van der Waals surface area contributed by atoms with Crippen molar-refractivity contribution in [3.05, 3.63) is 17.9 Å². The van der Waals surface area contributed by atoms with Crippen molar-refractivity contribution in [3.8, 4) is 11.5 Å². The molecule has 0 atom stereocenters. The smallest absolute Gasteiger partial charge is 0.321 e. The number of benzene rings is 1. The first-order chi connectivity index (χ1) is 11.5. The molecule has 24 heavy (non-hydrogen) atoms. The minimum absolute atomic E-state index is 0.0858. The number of urea groups is 1. The van der Waals surface area contributed by atoms with Gasteiger partial charge in [-0.15, -0.1) is 0 Å². The largest absolute Gasteiger partial charge is 0.493 e. The molecule has 1 aromatic carbocycles. The van der Waals surface area contributed by atoms with Crippen molar-refractivity contribution >= 4 is 11.7 Å². The molecule has 134 valence electrons. The molecule has 0 aliphatic carbocycles. The lowest BCUT2D eigenvalue weighted by Crippen LogP contribution is -2.39. The van der Waals surface area contributed by atoms with Crippen LogP contribution < -0.4 is 14.8 Å². The van der Waals surface area contributed by atoms with Crippen LogP contribution in [0.2, 0.25) is 0 Å². The van der Waals surface area contributed by atoms with E-state index in [0.29, 0.717) is 24.9 Å². The SMILES string of the molecule is COc1cc(F)c(NC(=O)N2CCCN(C(C)C)CC2)cc1OC. The van der Waals surface area contributed by atoms with Crippen LogP contribution in [0.4, 0.5) is 14.9 Å². The standard InChI is InChI=1S/C17H26FN3O3/c1-12(2)20-6-5-7-21(9-8-20)17(22)19-14-11-16(24-4)15(23-3)10-13(14)18/h10-12H,5-9H2,1-4H3,(H,19,22). The Morgan fingerprint density at radius 1 is 1.12 bits per heavy atom. The summed E-state index contributed by atoms with van der Waals surface area (Å²) in [6, 6.07) is 2.80. The number of hydrogen-bond donors (Lipinski definition) is 1. The van der Waals surface area contributed by atoms with Crippen molar-refractivity contribution in [2.24, 2.45) is 0 Å². The molecule has 7 heteroatoms. The van der Waals surface area contributed by atoms with Crippen LogP contribution in [-0.4, -0.2) is 62.3 Å². The van der Waals surface area contributed by atoms with Gasteiger partial charge in [-0.1, -0.05) is 0 Å². The van der Waals surface area contributed by atoms with E-state index in [9.17, 15) is 9.18 Å². The van der Waals surface area contributed by atoms with Crippen molar-refractivity contribution in [3.63, 3.8) is 0 Å². The molecule has 0 unspecified atom stereocenters. The highest BCUT2D eigenvalue weighted by atomic mass is 19.1. The quantitative estimate of drug-likeness (QED) is 0.916. The number of nitrogens with one attached hydrogen (secondary N) is 1. The van der Waals surface area contributed by atoms with Crippen LogP contribution in [0, 0.1) is 5.82 Å². The summed E-state index contributed by atoms with van der Waals surface area (Å²) in [5.74, 6) is 0.103. The fourth-order valence-corrected chi connectivity index (χ4v) is 2.80. The minimum Gasteiger partial charge on any atom is -0.493 e. The molecular formula is C17H26FN3O3. The molecule has 0 bridgehead atoms. The normalized spacial score (nSPS) is 16.0. The summed E-state index contributed by atoms with van der Waals surface area (Å²) in [5, 5.41) is 2.64. The van der Waals surface area contributed by atoms with Crippen molar-refractivity contribution < 1.29 is 18.7 Å². The molecule has 1 aliphatic heterocycles. The molecule has 1 fully saturated rings. The maximum absolute atomic E-state index is 14.2. The van der Waals surface area contributed by atoms with Gasteiger partial charge in [0.25, 0.3) is 0 Å². The van der Waals surface area contributed by atoms with Gasteiger partial charge in [0.15, 0.2) is 17.3 Å². The first-order valence-corrected chi connectivity index (χ1v) is 8.17. The summed E-state index contributed by atoms with van der Waals surface area (Å²) in [4.78, 5) is 16.5. The molecular weight excluding hydrogens is 313 g/mol. The molecule has 6 nitrogen and oxygen atoms in total. The number of carbonyl (C=O) groups is 1. The Morgan fingerprint density at radius 2 is 1.79 bits per heavy atom. The van der Waals surface area contributed by atoms with Gasteiger partial charge in [0.1, 0.15) is 0 Å². The Morgan fingerprint density at radius 3 is 2.42 bits per heavy atom. The fourth-order valence-electron chi connectivity index (χ4n) is 2.80. The van der Waals surface area contributed by atoms with E-state index in [0.717, 1.165) is 19.5 Å². The number of carbonyl (C=O) groups excluding carboxylic acids is 1. The molecule has 0 aromatic heterocycles. The minimum atomic E-state index is -0.556. The van der Waals surface area contributed by atoms with Crippen LogP contribution in [0.5, 0.6) is 11.5 Å². The van der Waals surface area contributed by atoms with Gasteiger partial charge in [0.05, 0.1) is 19.9 Å². The number of amides is 2. The molecule has 1 N–H and O–H groups in total. The number of halogens is 1. The van der Waals surface area contributed by atoms with Crippen LogP contribution in [0.25, 0.3) is 0 Å². The summed E-state index contributed by atoms with van der Waals surface area (Å²) in [6.45, 7) is 7.36. The molecule has 0 radical (unpaired) electrons. The second-order valence-electron chi connectivity index (χ2n) is 6.09. The third-order valence-electron chi connectivity index (χ3n) is 4.26. The first kappa shape index (κ1) is 18.3. The summed E-state index contributed by atoms with van der Waals surface area (Å²) < 4.78 is 24.4. The lowest BCUT2D eigenvalue weighted by atomic mass is 10.2. The molecule has 1 aliphatic rings. The molecule has 1 heterocycles. The van der Waals surface area contributed by atoms with E-state index in [4.69, 9.17) is 9.47 Å². The Balaban J connectivity index is 2.06. The molecule has 2 rings (SSSR count). The van der Waals surface area contributed by atoms with E-state index in [-0.39, 0.29) is 17.5 Å². The number of anilines is 1. The average molecular weight is 339 g/mol. The monoisotopic (exact) mass is 339 g/mol. The van der Waals surface area contributed by atoms with Gasteiger partial charge in [-0.05, 0) is 20.3 Å². The summed E-state index contributed by atoms with van der Waals surface area (Å²) in [6.07, 6.45) is 0.903. The van der Waals surface area contributed by atoms with Crippen LogP contribution in [-0.2, 0) is 0 Å². The predicted octanol–water partition coefficient (Wildman–Crippen LogP) is 2.79. The Kier molecular flexibility index (Phi) is 6.25. The number of nitrogens with zero attached hydrogens (tertiary/aromatic N) is 2. The van der Waals surface area contributed by atoms with E-state index >= 15 is 0 Å². The van der Waals surface area contributed by atoms with Gasteiger partial charge in [0.2, 0.25) is 0 Å². The van der Waals surface area contributed by atoms with Crippen LogP contribution in [0.3, 0.4) is 0 Å². The molecule has 1 aromatic rings. The first-order valence-electron chi connectivity index (χ1n) is 8.17. The van der Waals surface area contributed by atoms with Crippen molar-refractivity contribution in [2.45, 2.75) is 26.3 Å². The highest BCUT2D eigenvalue weighted by Gasteiger charge is 2.22. The third-order valence-corrected chi connectivity index (χ3v) is 4.26. The van der Waals surface area contributed by atoms with Crippen molar-refractivity contribution in [2.75, 3.05) is 45.7 Å². The molecule has 0 spiro atoms. The topological polar surface area (TPSA) is 54.0 Å². The van der Waals surface area contributed by atoms with Gasteiger partial charge >= 0.3 is 6.03 Å². The molecule has 1 saturated heterocycles. The summed E-state index contributed by atoms with van der Waals surface area (Å²) in [5.41, 5.74) is 0.0858. The predicted molar refractivity (Wildman–Crippen MR) is 91.4 cm³/mol. The van der Waals surface area contributed by atoms with Crippen LogP contribution in [0.1, 0.15) is 20.3 Å². The zero-order valence-corrected chi connectivity index (χ0v) is 14.8. The molecule has 2 amide bonds. The number of ether oxygens (including phenoxy) is 2. The highest BCUT2D eigenvalue weighted by molar-refractivity contribution is 5.90. The zero-order chi connectivity index (χ0) is 17.7. The Labute approximate surface area is 142 Å². The molecule has 0 saturated carbocycles. The summed E-state index contributed by atoms with van der Waals surface area (Å²) in [7, 11) is 2.91. The van der Waals surface area contributed by atoms with Gasteiger partial charge in [-0.3, -0.25) is 4.90 Å². The third kappa shape index (κ3) is 4.29. The maximum Gasteiger partial charge on any atom is 0.321 e. The second-order valence-corrected chi connectivity index (χ2v) is 6.09. The lowest BCUT2D eigenvalue weighted by Gasteiger charge is -2.25. The van der Waals surface area contributed by atoms with E-state index in [1.165, 1.54) is 26.4 Å². The van der Waals surface area contributed by atoms with Gasteiger partial charge in [-0.25, -0.2) is 9.18 Å². The Bertz CT molecular complexity index is 580. The second kappa shape index (κ2) is 8.19. The van der Waals surface area contributed by atoms with E-state index in [2.05, 4.69) is 24.1 Å². The van der Waals surface area contributed by atoms with Crippen LogP contribution in [0.15, 0.2) is 12.1 Å². The van der Waals surface area contributed by atoms with E-state index < -0.39 is 5.82 Å². The fraction of sp³-hybridized carbons (Fsp3) is 0.588. The average Bonchev–Trinajstić information content (AvgIpc) is 2.82. The van der Waals surface area contributed by atoms with E-state index in [1.807, 2.05) is 0 Å². The lowest BCUT2D eigenvalue weighted by molar-refractivity contribution is 0.205. The van der Waals surface area contributed by atoms with Gasteiger partial charge in [-0.2, -0.15) is 0 Å². The Hall–Kier alpha value is -2.02. The van der Waals surface area contributed by atoms with Crippen LogP contribution >= 0.6 is 0 Å². The maximum atomic E-state index is 14.2. The van der Waals surface area contributed by atoms with Gasteiger partial charge < -0.3 is 19.7 Å². The van der Waals surface area contributed by atoms with Crippen molar-refractivity contribution in [1.82, 2.24) is 9.80 Å². The number of hydrogen-bond acceptors (Lipinski definition) is 4. The number of methoxy groups -OCH3 is 2. The van der Waals surface area contributed by atoms with E-state index in [1.54, 1.807) is 4.90 Å².